The predicted molar refractivity (Wildman–Crippen MR) is 145 cm³/mol. The zero-order chi connectivity index (χ0) is 24.6. The van der Waals surface area contributed by atoms with Gasteiger partial charge in [-0.25, -0.2) is 0 Å². The van der Waals surface area contributed by atoms with Crippen LogP contribution in [-0.4, -0.2) is 30.0 Å². The summed E-state index contributed by atoms with van der Waals surface area (Å²) in [5.41, 5.74) is 4.52. The van der Waals surface area contributed by atoms with Gasteiger partial charge in [0.15, 0.2) is 0 Å². The summed E-state index contributed by atoms with van der Waals surface area (Å²) in [7, 11) is 0. The maximum absolute atomic E-state index is 13.4. The third kappa shape index (κ3) is 7.30. The molecule has 4 nitrogen and oxygen atoms in total. The van der Waals surface area contributed by atoms with Gasteiger partial charge in [-0.3, -0.25) is 9.69 Å². The fourth-order valence-electron chi connectivity index (χ4n) is 4.35. The van der Waals surface area contributed by atoms with Crippen LogP contribution in [-0.2, 0) is 11.3 Å². The molecule has 1 fully saturated rings. The molecular formula is C31H36N2O2. The first-order valence-electron chi connectivity index (χ1n) is 12.6. The number of amides is 1. The fraction of sp³-hybridized carbons (Fsp3) is 0.323. The lowest BCUT2D eigenvalue weighted by molar-refractivity contribution is -0.111. The summed E-state index contributed by atoms with van der Waals surface area (Å²) in [6.45, 7) is 9.64. The summed E-state index contributed by atoms with van der Waals surface area (Å²) in [6.07, 6.45) is 4.60. The number of benzene rings is 3. The molecule has 0 aliphatic carbocycles. The van der Waals surface area contributed by atoms with E-state index in [1.54, 1.807) is 0 Å². The molecule has 182 valence electrons. The van der Waals surface area contributed by atoms with Crippen LogP contribution >= 0.6 is 0 Å². The molecule has 35 heavy (non-hydrogen) atoms. The Morgan fingerprint density at radius 3 is 2.26 bits per heavy atom. The average Bonchev–Trinajstić information content (AvgIpc) is 2.86. The largest absolute Gasteiger partial charge is 0.491 e. The van der Waals surface area contributed by atoms with Crippen LogP contribution in [0.1, 0.15) is 50.3 Å². The number of carbonyl (C=O) groups is 1. The molecule has 1 aliphatic heterocycles. The number of piperidine rings is 1. The van der Waals surface area contributed by atoms with E-state index in [1.165, 1.54) is 18.4 Å². The van der Waals surface area contributed by atoms with Gasteiger partial charge in [0.25, 0.3) is 5.91 Å². The Morgan fingerprint density at radius 1 is 0.971 bits per heavy atom. The van der Waals surface area contributed by atoms with Crippen LogP contribution in [0.4, 0.5) is 5.69 Å². The van der Waals surface area contributed by atoms with Gasteiger partial charge in [0.2, 0.25) is 0 Å². The molecule has 1 N–H and O–H groups in total. The van der Waals surface area contributed by atoms with Crippen LogP contribution in [0, 0.1) is 5.92 Å². The van der Waals surface area contributed by atoms with Gasteiger partial charge in [0, 0.05) is 17.8 Å². The molecule has 0 atom stereocenters. The van der Waals surface area contributed by atoms with Crippen molar-refractivity contribution in [1.29, 1.82) is 0 Å². The van der Waals surface area contributed by atoms with Gasteiger partial charge in [-0.1, -0.05) is 61.5 Å². The van der Waals surface area contributed by atoms with Crippen LogP contribution in [0.3, 0.4) is 0 Å². The molecular weight excluding hydrogens is 432 g/mol. The van der Waals surface area contributed by atoms with E-state index in [0.29, 0.717) is 5.57 Å². The van der Waals surface area contributed by atoms with Gasteiger partial charge in [-0.2, -0.15) is 0 Å². The van der Waals surface area contributed by atoms with E-state index in [4.69, 9.17) is 4.74 Å². The van der Waals surface area contributed by atoms with Crippen molar-refractivity contribution < 1.29 is 9.53 Å². The van der Waals surface area contributed by atoms with Crippen LogP contribution in [0.15, 0.2) is 78.9 Å². The Balaban J connectivity index is 1.47. The second-order valence-corrected chi connectivity index (χ2v) is 9.77. The number of ether oxygens (including phenoxy) is 1. The minimum Gasteiger partial charge on any atom is -0.491 e. The Bertz CT molecular complexity index is 1110. The van der Waals surface area contributed by atoms with Gasteiger partial charge in [-0.15, -0.1) is 0 Å². The molecule has 1 saturated heterocycles. The van der Waals surface area contributed by atoms with Crippen LogP contribution in [0.5, 0.6) is 5.75 Å². The molecule has 1 amide bonds. The Morgan fingerprint density at radius 2 is 1.63 bits per heavy atom. The van der Waals surface area contributed by atoms with E-state index >= 15 is 0 Å². The van der Waals surface area contributed by atoms with E-state index in [1.807, 2.05) is 86.7 Å². The third-order valence-electron chi connectivity index (χ3n) is 6.39. The molecule has 4 heteroatoms. The highest BCUT2D eigenvalue weighted by atomic mass is 16.5. The maximum Gasteiger partial charge on any atom is 0.256 e. The molecule has 0 unspecified atom stereocenters. The summed E-state index contributed by atoms with van der Waals surface area (Å²) in [5, 5.41) is 3.09. The number of hydrogen-bond acceptors (Lipinski definition) is 3. The molecule has 0 saturated carbocycles. The second kappa shape index (κ2) is 11.9. The normalized spacial score (nSPS) is 15.3. The quantitative estimate of drug-likeness (QED) is 0.289. The molecule has 0 spiro atoms. The first kappa shape index (κ1) is 24.7. The number of anilines is 1. The van der Waals surface area contributed by atoms with Crippen molar-refractivity contribution in [2.75, 3.05) is 18.4 Å². The van der Waals surface area contributed by atoms with E-state index in [2.05, 4.69) is 29.3 Å². The van der Waals surface area contributed by atoms with Crippen molar-refractivity contribution >= 4 is 23.2 Å². The molecule has 1 aliphatic rings. The van der Waals surface area contributed by atoms with Crippen molar-refractivity contribution in [3.8, 4) is 5.75 Å². The lowest BCUT2D eigenvalue weighted by atomic mass is 9.99. The van der Waals surface area contributed by atoms with Gasteiger partial charge in [0.05, 0.1) is 6.10 Å². The molecule has 0 bridgehead atoms. The second-order valence-electron chi connectivity index (χ2n) is 9.77. The first-order valence-corrected chi connectivity index (χ1v) is 12.6. The zero-order valence-electron chi connectivity index (χ0n) is 21.0. The van der Waals surface area contributed by atoms with Gasteiger partial charge in [0.1, 0.15) is 5.75 Å². The van der Waals surface area contributed by atoms with Crippen molar-refractivity contribution in [3.05, 3.63) is 95.6 Å². The summed E-state index contributed by atoms with van der Waals surface area (Å²) in [6, 6.07) is 25.9. The van der Waals surface area contributed by atoms with Gasteiger partial charge >= 0.3 is 0 Å². The smallest absolute Gasteiger partial charge is 0.256 e. The van der Waals surface area contributed by atoms with Gasteiger partial charge < -0.3 is 10.1 Å². The number of nitrogens with zero attached hydrogens (tertiary/aromatic N) is 1. The number of hydrogen-bond donors (Lipinski definition) is 1. The topological polar surface area (TPSA) is 41.6 Å². The van der Waals surface area contributed by atoms with Crippen LogP contribution < -0.4 is 10.1 Å². The van der Waals surface area contributed by atoms with Crippen molar-refractivity contribution in [2.45, 2.75) is 46.3 Å². The third-order valence-corrected chi connectivity index (χ3v) is 6.39. The summed E-state index contributed by atoms with van der Waals surface area (Å²) in [5.74, 6) is 1.53. The summed E-state index contributed by atoms with van der Waals surface area (Å²) < 4.78 is 5.74. The lowest BCUT2D eigenvalue weighted by Crippen LogP contribution is -2.32. The number of likely N-dealkylation sites (tertiary alicyclic amines) is 1. The molecule has 1 heterocycles. The Kier molecular flexibility index (Phi) is 8.38. The highest BCUT2D eigenvalue weighted by molar-refractivity contribution is 6.29. The predicted octanol–water partition coefficient (Wildman–Crippen LogP) is 6.89. The van der Waals surface area contributed by atoms with Crippen LogP contribution in [0.2, 0.25) is 0 Å². The van der Waals surface area contributed by atoms with Gasteiger partial charge in [-0.05, 0) is 92.7 Å². The number of nitrogens with one attached hydrogen (secondary N) is 1. The standard InChI is InChI=1S/C31H36N2O2/c1-23(2)35-29-15-11-25(12-16-29)21-30(27-7-5-4-6-8-27)31(34)32-28-13-9-26(10-14-28)22-33-19-17-24(3)18-20-33/h4-16,21,23-24H,17-20,22H2,1-3H3,(H,32,34)/b30-21+. The molecule has 0 radical (unpaired) electrons. The molecule has 4 rings (SSSR count). The lowest BCUT2D eigenvalue weighted by Gasteiger charge is -2.30. The van der Waals surface area contributed by atoms with E-state index < -0.39 is 0 Å². The summed E-state index contributed by atoms with van der Waals surface area (Å²) in [4.78, 5) is 15.9. The Hall–Kier alpha value is -3.37. The fourth-order valence-corrected chi connectivity index (χ4v) is 4.35. The maximum atomic E-state index is 13.4. The van der Waals surface area contributed by atoms with E-state index in [-0.39, 0.29) is 12.0 Å². The van der Waals surface area contributed by atoms with Crippen LogP contribution in [0.25, 0.3) is 11.6 Å². The van der Waals surface area contributed by atoms with Crippen molar-refractivity contribution in [3.63, 3.8) is 0 Å². The van der Waals surface area contributed by atoms with Crippen molar-refractivity contribution in [1.82, 2.24) is 4.90 Å². The monoisotopic (exact) mass is 468 g/mol. The molecule has 0 aromatic heterocycles. The highest BCUT2D eigenvalue weighted by Crippen LogP contribution is 2.23. The molecule has 3 aromatic carbocycles. The SMILES string of the molecule is CC1CCN(Cc2ccc(NC(=O)/C(=C/c3ccc(OC(C)C)cc3)c3ccccc3)cc2)CC1. The minimum absolute atomic E-state index is 0.122. The Labute approximate surface area is 209 Å². The average molecular weight is 469 g/mol. The van der Waals surface area contributed by atoms with E-state index in [0.717, 1.165) is 48.1 Å². The highest BCUT2D eigenvalue weighted by Gasteiger charge is 2.16. The number of rotatable bonds is 8. The minimum atomic E-state index is -0.128. The number of carbonyl (C=O) groups excluding carboxylic acids is 1. The first-order chi connectivity index (χ1) is 17.0. The van der Waals surface area contributed by atoms with Crippen molar-refractivity contribution in [2.24, 2.45) is 5.92 Å². The van der Waals surface area contributed by atoms with E-state index in [9.17, 15) is 4.79 Å². The zero-order valence-corrected chi connectivity index (χ0v) is 21.0. The molecule has 3 aromatic rings. The summed E-state index contributed by atoms with van der Waals surface area (Å²) >= 11 is 0.